The van der Waals surface area contributed by atoms with E-state index in [0.717, 1.165) is 37.0 Å². The largest absolute Gasteiger partial charge is 0.416 e. The lowest BCUT2D eigenvalue weighted by atomic mass is 9.77. The number of carbonyl (C=O) groups excluding carboxylic acids is 1. The van der Waals surface area contributed by atoms with Gasteiger partial charge in [0.2, 0.25) is 0 Å². The fraction of sp³-hybridized carbons (Fsp3) is 0.562. The van der Waals surface area contributed by atoms with Gasteiger partial charge in [-0.3, -0.25) is 4.79 Å². The molecule has 1 aliphatic carbocycles. The summed E-state index contributed by atoms with van der Waals surface area (Å²) in [6, 6.07) is 5.18. The number of benzene rings is 1. The number of halogens is 3. The Morgan fingerprint density at radius 2 is 1.85 bits per heavy atom. The van der Waals surface area contributed by atoms with Gasteiger partial charge in [-0.05, 0) is 42.9 Å². The van der Waals surface area contributed by atoms with E-state index in [0.29, 0.717) is 18.8 Å². The molecule has 1 aromatic rings. The van der Waals surface area contributed by atoms with Gasteiger partial charge < -0.3 is 0 Å². The van der Waals surface area contributed by atoms with Crippen LogP contribution < -0.4 is 0 Å². The molecule has 0 heterocycles. The highest BCUT2D eigenvalue weighted by molar-refractivity contribution is 5.82. The summed E-state index contributed by atoms with van der Waals surface area (Å²) in [7, 11) is 0. The third-order valence-corrected chi connectivity index (χ3v) is 4.21. The Hall–Kier alpha value is -1.32. The van der Waals surface area contributed by atoms with Crippen molar-refractivity contribution in [1.82, 2.24) is 0 Å². The fourth-order valence-electron chi connectivity index (χ4n) is 2.88. The summed E-state index contributed by atoms with van der Waals surface area (Å²) in [6.07, 6.45) is -0.226. The predicted octanol–water partition coefficient (Wildman–Crippen LogP) is 4.64. The highest BCUT2D eigenvalue weighted by Gasteiger charge is 2.31. The molecular formula is C16H19F3O. The monoisotopic (exact) mass is 284 g/mol. The molecule has 1 aromatic carbocycles. The van der Waals surface area contributed by atoms with Gasteiger partial charge in [0.15, 0.2) is 0 Å². The maximum atomic E-state index is 12.5. The lowest BCUT2D eigenvalue weighted by Crippen LogP contribution is -2.26. The molecule has 0 amide bonds. The number of hydrogen-bond acceptors (Lipinski definition) is 1. The van der Waals surface area contributed by atoms with Crippen molar-refractivity contribution < 1.29 is 18.0 Å². The summed E-state index contributed by atoms with van der Waals surface area (Å²) < 4.78 is 37.4. The fourth-order valence-corrected chi connectivity index (χ4v) is 2.88. The van der Waals surface area contributed by atoms with Gasteiger partial charge in [-0.15, -0.1) is 0 Å². The van der Waals surface area contributed by atoms with Gasteiger partial charge in [-0.1, -0.05) is 25.5 Å². The molecule has 2 atom stereocenters. The Bertz CT molecular complexity index is 462. The van der Waals surface area contributed by atoms with E-state index in [-0.39, 0.29) is 11.7 Å². The molecule has 0 spiro atoms. The molecular weight excluding hydrogens is 265 g/mol. The predicted molar refractivity (Wildman–Crippen MR) is 71.3 cm³/mol. The van der Waals surface area contributed by atoms with Gasteiger partial charge in [0.25, 0.3) is 0 Å². The Kier molecular flexibility index (Phi) is 4.51. The van der Waals surface area contributed by atoms with Crippen molar-refractivity contribution in [3.63, 3.8) is 0 Å². The van der Waals surface area contributed by atoms with Crippen LogP contribution in [-0.4, -0.2) is 5.78 Å². The SMILES string of the molecule is CCC1CCC(=O)C(Cc2ccc(C(F)(F)F)cc2)C1. The minimum absolute atomic E-state index is 0.0227. The highest BCUT2D eigenvalue weighted by Crippen LogP contribution is 2.32. The number of carbonyl (C=O) groups is 1. The Morgan fingerprint density at radius 3 is 2.40 bits per heavy atom. The number of ketones is 1. The van der Waals surface area contributed by atoms with Crippen molar-refractivity contribution in [1.29, 1.82) is 0 Å². The first kappa shape index (κ1) is 15.1. The maximum absolute atomic E-state index is 12.5. The summed E-state index contributed by atoms with van der Waals surface area (Å²) in [5, 5.41) is 0. The van der Waals surface area contributed by atoms with E-state index in [4.69, 9.17) is 0 Å². The van der Waals surface area contributed by atoms with E-state index in [1.54, 1.807) is 0 Å². The van der Waals surface area contributed by atoms with Crippen LogP contribution in [0.1, 0.15) is 43.7 Å². The molecule has 1 saturated carbocycles. The molecule has 2 rings (SSSR count). The van der Waals surface area contributed by atoms with Crippen LogP contribution in [0.15, 0.2) is 24.3 Å². The second-order valence-corrected chi connectivity index (χ2v) is 5.61. The zero-order chi connectivity index (χ0) is 14.8. The van der Waals surface area contributed by atoms with Gasteiger partial charge >= 0.3 is 6.18 Å². The number of Topliss-reactive ketones (excluding diaryl/α,β-unsaturated/α-hetero) is 1. The van der Waals surface area contributed by atoms with E-state index in [1.165, 1.54) is 12.1 Å². The number of rotatable bonds is 3. The van der Waals surface area contributed by atoms with E-state index in [2.05, 4.69) is 6.92 Å². The summed E-state index contributed by atoms with van der Waals surface area (Å²) >= 11 is 0. The summed E-state index contributed by atoms with van der Waals surface area (Å²) in [6.45, 7) is 2.12. The van der Waals surface area contributed by atoms with E-state index in [9.17, 15) is 18.0 Å². The summed E-state index contributed by atoms with van der Waals surface area (Å²) in [5.41, 5.74) is 0.177. The van der Waals surface area contributed by atoms with E-state index >= 15 is 0 Å². The molecule has 1 nitrogen and oxygen atoms in total. The normalized spacial score (nSPS) is 23.9. The first-order valence-electron chi connectivity index (χ1n) is 7.09. The summed E-state index contributed by atoms with van der Waals surface area (Å²) in [5.74, 6) is 0.812. The van der Waals surface area contributed by atoms with Crippen LogP contribution in [0, 0.1) is 11.8 Å². The number of hydrogen-bond donors (Lipinski definition) is 0. The second-order valence-electron chi connectivity index (χ2n) is 5.61. The van der Waals surface area contributed by atoms with Gasteiger partial charge in [-0.2, -0.15) is 13.2 Å². The lowest BCUT2D eigenvalue weighted by molar-refractivity contribution is -0.137. The van der Waals surface area contributed by atoms with E-state index < -0.39 is 11.7 Å². The minimum atomic E-state index is -4.30. The molecule has 1 fully saturated rings. The third-order valence-electron chi connectivity index (χ3n) is 4.21. The molecule has 0 bridgehead atoms. The van der Waals surface area contributed by atoms with Crippen LogP contribution in [-0.2, 0) is 17.4 Å². The lowest BCUT2D eigenvalue weighted by Gasteiger charge is -2.27. The maximum Gasteiger partial charge on any atom is 0.416 e. The van der Waals surface area contributed by atoms with Gasteiger partial charge in [0, 0.05) is 12.3 Å². The molecule has 0 aromatic heterocycles. The average molecular weight is 284 g/mol. The van der Waals surface area contributed by atoms with Crippen LogP contribution in [0.4, 0.5) is 13.2 Å². The molecule has 1 aliphatic rings. The van der Waals surface area contributed by atoms with Gasteiger partial charge in [0.1, 0.15) is 5.78 Å². The molecule has 0 saturated heterocycles. The topological polar surface area (TPSA) is 17.1 Å². The molecule has 0 N–H and O–H groups in total. The first-order chi connectivity index (χ1) is 9.40. The molecule has 20 heavy (non-hydrogen) atoms. The van der Waals surface area contributed by atoms with Crippen molar-refractivity contribution in [3.8, 4) is 0 Å². The molecule has 0 radical (unpaired) electrons. The smallest absolute Gasteiger partial charge is 0.299 e. The van der Waals surface area contributed by atoms with Crippen LogP contribution in [0.5, 0.6) is 0 Å². The summed E-state index contributed by atoms with van der Waals surface area (Å²) in [4.78, 5) is 11.9. The van der Waals surface area contributed by atoms with Crippen LogP contribution in [0.25, 0.3) is 0 Å². The van der Waals surface area contributed by atoms with Crippen LogP contribution in [0.3, 0.4) is 0 Å². The first-order valence-corrected chi connectivity index (χ1v) is 7.09. The Balaban J connectivity index is 2.04. The second kappa shape index (κ2) is 5.98. The van der Waals surface area contributed by atoms with Crippen LogP contribution in [0.2, 0.25) is 0 Å². The van der Waals surface area contributed by atoms with Crippen molar-refractivity contribution >= 4 is 5.78 Å². The van der Waals surface area contributed by atoms with Crippen molar-refractivity contribution in [2.75, 3.05) is 0 Å². The third kappa shape index (κ3) is 3.62. The highest BCUT2D eigenvalue weighted by atomic mass is 19.4. The Labute approximate surface area is 117 Å². The van der Waals surface area contributed by atoms with Crippen molar-refractivity contribution in [2.24, 2.45) is 11.8 Å². The Morgan fingerprint density at radius 1 is 1.20 bits per heavy atom. The average Bonchev–Trinajstić information content (AvgIpc) is 2.41. The van der Waals surface area contributed by atoms with Gasteiger partial charge in [0.05, 0.1) is 5.56 Å². The molecule has 0 aliphatic heterocycles. The van der Waals surface area contributed by atoms with Gasteiger partial charge in [-0.25, -0.2) is 0 Å². The van der Waals surface area contributed by atoms with Crippen molar-refractivity contribution in [3.05, 3.63) is 35.4 Å². The minimum Gasteiger partial charge on any atom is -0.299 e. The molecule has 110 valence electrons. The van der Waals surface area contributed by atoms with Crippen LogP contribution >= 0.6 is 0 Å². The number of alkyl halides is 3. The van der Waals surface area contributed by atoms with E-state index in [1.807, 2.05) is 0 Å². The zero-order valence-electron chi connectivity index (χ0n) is 11.5. The molecule has 4 heteroatoms. The van der Waals surface area contributed by atoms with Crippen molar-refractivity contribution in [2.45, 2.75) is 45.2 Å². The quantitative estimate of drug-likeness (QED) is 0.790. The standard InChI is InChI=1S/C16H19F3O/c1-2-11-5-8-15(20)13(9-11)10-12-3-6-14(7-4-12)16(17,18)19/h3-4,6-7,11,13H,2,5,8-10H2,1H3. The molecule has 2 unspecified atom stereocenters. The zero-order valence-corrected chi connectivity index (χ0v) is 11.5.